The Kier molecular flexibility index (Phi) is 3.94. The fourth-order valence-corrected chi connectivity index (χ4v) is 1.74. The molecule has 1 amide bonds. The summed E-state index contributed by atoms with van der Waals surface area (Å²) < 4.78 is 0. The smallest absolute Gasteiger partial charge is 0.272 e. The van der Waals surface area contributed by atoms with E-state index in [-0.39, 0.29) is 0 Å². The lowest BCUT2D eigenvalue weighted by Crippen LogP contribution is -2.51. The summed E-state index contributed by atoms with van der Waals surface area (Å²) in [6, 6.07) is 17.9. The molecule has 2 rings (SSSR count). The Morgan fingerprint density at radius 1 is 1.05 bits per heavy atom. The molecule has 19 heavy (non-hydrogen) atoms. The van der Waals surface area contributed by atoms with Crippen LogP contribution in [0.1, 0.15) is 11.1 Å². The minimum absolute atomic E-state index is 0.325. The van der Waals surface area contributed by atoms with Crippen molar-refractivity contribution in [2.75, 3.05) is 0 Å². The van der Waals surface area contributed by atoms with Gasteiger partial charge < -0.3 is 10.4 Å². The summed E-state index contributed by atoms with van der Waals surface area (Å²) in [6.45, 7) is 0.325. The molecule has 2 aromatic carbocycles. The quantitative estimate of drug-likeness (QED) is 0.717. The van der Waals surface area contributed by atoms with Gasteiger partial charge in [-0.2, -0.15) is 0 Å². The highest BCUT2D eigenvalue weighted by molar-refractivity contribution is 5.85. The van der Waals surface area contributed by atoms with Crippen LogP contribution in [-0.2, 0) is 17.1 Å². The van der Waals surface area contributed by atoms with Gasteiger partial charge in [0.25, 0.3) is 5.91 Å². The fourth-order valence-electron chi connectivity index (χ4n) is 1.74. The fraction of sp³-hybridized carbons (Fsp3) is 0.133. The van der Waals surface area contributed by atoms with Gasteiger partial charge in [0.2, 0.25) is 5.72 Å². The lowest BCUT2D eigenvalue weighted by molar-refractivity contribution is -0.140. The van der Waals surface area contributed by atoms with E-state index in [2.05, 4.69) is 5.32 Å². The molecule has 0 radical (unpaired) electrons. The normalized spacial score (nSPS) is 13.6. The molecule has 0 bridgehead atoms. The van der Waals surface area contributed by atoms with Gasteiger partial charge in [-0.1, -0.05) is 60.7 Å². The lowest BCUT2D eigenvalue weighted by atomic mass is 10.0. The maximum absolute atomic E-state index is 12.0. The highest BCUT2D eigenvalue weighted by Crippen LogP contribution is 2.14. The maximum Gasteiger partial charge on any atom is 0.272 e. The Labute approximate surface area is 111 Å². The molecule has 0 spiro atoms. The largest absolute Gasteiger partial charge is 0.364 e. The predicted molar refractivity (Wildman–Crippen MR) is 72.8 cm³/mol. The molecule has 4 nitrogen and oxygen atoms in total. The van der Waals surface area contributed by atoms with Crippen LogP contribution in [0.25, 0.3) is 0 Å². The van der Waals surface area contributed by atoms with Gasteiger partial charge in [0.05, 0.1) is 0 Å². The number of nitrogens with two attached hydrogens (primary N) is 1. The lowest BCUT2D eigenvalue weighted by Gasteiger charge is -2.22. The molecule has 0 aromatic heterocycles. The van der Waals surface area contributed by atoms with Gasteiger partial charge in [-0.25, -0.2) is 0 Å². The van der Waals surface area contributed by atoms with Crippen molar-refractivity contribution in [1.29, 1.82) is 0 Å². The third-order valence-electron chi connectivity index (χ3n) is 2.86. The average Bonchev–Trinajstić information content (AvgIpc) is 2.46. The Balaban J connectivity index is 2.03. The molecule has 2 aromatic rings. The molecular formula is C15H16N2O2. The Hall–Kier alpha value is -2.17. The third-order valence-corrected chi connectivity index (χ3v) is 2.86. The first-order chi connectivity index (χ1) is 9.10. The zero-order chi connectivity index (χ0) is 13.7. The van der Waals surface area contributed by atoms with Crippen LogP contribution in [0.4, 0.5) is 0 Å². The van der Waals surface area contributed by atoms with Crippen molar-refractivity contribution in [2.24, 2.45) is 5.73 Å². The molecule has 0 saturated carbocycles. The van der Waals surface area contributed by atoms with E-state index in [1.165, 1.54) is 0 Å². The number of hydrogen-bond donors (Lipinski definition) is 3. The molecule has 4 heteroatoms. The second-order valence-corrected chi connectivity index (χ2v) is 4.30. The van der Waals surface area contributed by atoms with Crippen molar-refractivity contribution in [1.82, 2.24) is 5.32 Å². The van der Waals surface area contributed by atoms with Crippen molar-refractivity contribution in [3.8, 4) is 0 Å². The Bertz CT molecular complexity index is 539. The molecule has 4 N–H and O–H groups in total. The van der Waals surface area contributed by atoms with Crippen LogP contribution in [0.3, 0.4) is 0 Å². The molecule has 1 atom stereocenters. The first-order valence-electron chi connectivity index (χ1n) is 5.99. The van der Waals surface area contributed by atoms with E-state index in [0.29, 0.717) is 12.1 Å². The topological polar surface area (TPSA) is 75.3 Å². The summed E-state index contributed by atoms with van der Waals surface area (Å²) in [6.07, 6.45) is 0. The Morgan fingerprint density at radius 3 is 2.16 bits per heavy atom. The molecule has 0 saturated heterocycles. The van der Waals surface area contributed by atoms with Crippen molar-refractivity contribution >= 4 is 5.91 Å². The number of hydrogen-bond acceptors (Lipinski definition) is 3. The number of benzene rings is 2. The SMILES string of the molecule is NC(O)(C(=O)NCc1ccccc1)c1ccccc1. The van der Waals surface area contributed by atoms with E-state index < -0.39 is 11.6 Å². The van der Waals surface area contributed by atoms with Gasteiger partial charge in [0.1, 0.15) is 0 Å². The van der Waals surface area contributed by atoms with Crippen LogP contribution in [0, 0.1) is 0 Å². The zero-order valence-corrected chi connectivity index (χ0v) is 10.4. The maximum atomic E-state index is 12.0. The van der Waals surface area contributed by atoms with Gasteiger partial charge in [0, 0.05) is 12.1 Å². The van der Waals surface area contributed by atoms with E-state index in [0.717, 1.165) is 5.56 Å². The van der Waals surface area contributed by atoms with E-state index >= 15 is 0 Å². The molecular weight excluding hydrogens is 240 g/mol. The number of rotatable bonds is 4. The van der Waals surface area contributed by atoms with Gasteiger partial charge in [0.15, 0.2) is 0 Å². The molecule has 0 fully saturated rings. The average molecular weight is 256 g/mol. The van der Waals surface area contributed by atoms with Gasteiger partial charge in [-0.3, -0.25) is 10.5 Å². The van der Waals surface area contributed by atoms with Gasteiger partial charge >= 0.3 is 0 Å². The van der Waals surface area contributed by atoms with Crippen molar-refractivity contribution in [3.05, 3.63) is 71.8 Å². The third kappa shape index (κ3) is 3.19. The minimum atomic E-state index is -2.02. The first kappa shape index (κ1) is 13.3. The summed E-state index contributed by atoms with van der Waals surface area (Å²) in [5.74, 6) is -0.623. The van der Waals surface area contributed by atoms with E-state index in [1.807, 2.05) is 30.3 Å². The summed E-state index contributed by atoms with van der Waals surface area (Å²) in [4.78, 5) is 12.0. The van der Waals surface area contributed by atoms with Crippen LogP contribution in [0.15, 0.2) is 60.7 Å². The number of nitrogens with one attached hydrogen (secondary N) is 1. The van der Waals surface area contributed by atoms with Gasteiger partial charge in [-0.15, -0.1) is 0 Å². The Morgan fingerprint density at radius 2 is 1.58 bits per heavy atom. The minimum Gasteiger partial charge on any atom is -0.364 e. The second-order valence-electron chi connectivity index (χ2n) is 4.30. The van der Waals surface area contributed by atoms with E-state index in [1.54, 1.807) is 30.3 Å². The van der Waals surface area contributed by atoms with Crippen LogP contribution in [0.5, 0.6) is 0 Å². The summed E-state index contributed by atoms with van der Waals surface area (Å²) in [5, 5.41) is 12.7. The van der Waals surface area contributed by atoms with Crippen molar-refractivity contribution in [3.63, 3.8) is 0 Å². The standard InChI is InChI=1S/C15H16N2O2/c16-15(19,13-9-5-2-6-10-13)14(18)17-11-12-7-3-1-4-8-12/h1-10,19H,11,16H2,(H,17,18). The number of aliphatic hydroxyl groups is 1. The van der Waals surface area contributed by atoms with E-state index in [9.17, 15) is 9.90 Å². The van der Waals surface area contributed by atoms with Crippen molar-refractivity contribution in [2.45, 2.75) is 12.3 Å². The second kappa shape index (κ2) is 5.65. The van der Waals surface area contributed by atoms with E-state index in [4.69, 9.17) is 5.73 Å². The number of carbonyl (C=O) groups excluding carboxylic acids is 1. The number of amides is 1. The molecule has 0 heterocycles. The molecule has 0 aliphatic rings. The molecule has 1 unspecified atom stereocenters. The first-order valence-corrected chi connectivity index (χ1v) is 5.99. The predicted octanol–water partition coefficient (Wildman–Crippen LogP) is 1.11. The zero-order valence-electron chi connectivity index (χ0n) is 10.4. The molecule has 0 aliphatic carbocycles. The van der Waals surface area contributed by atoms with Crippen LogP contribution >= 0.6 is 0 Å². The summed E-state index contributed by atoms with van der Waals surface area (Å²) >= 11 is 0. The van der Waals surface area contributed by atoms with Crippen LogP contribution in [0.2, 0.25) is 0 Å². The monoisotopic (exact) mass is 256 g/mol. The highest BCUT2D eigenvalue weighted by atomic mass is 16.3. The molecule has 0 aliphatic heterocycles. The summed E-state index contributed by atoms with van der Waals surface area (Å²) in [7, 11) is 0. The van der Waals surface area contributed by atoms with Gasteiger partial charge in [-0.05, 0) is 5.56 Å². The van der Waals surface area contributed by atoms with Crippen LogP contribution < -0.4 is 11.1 Å². The molecule has 98 valence electrons. The summed E-state index contributed by atoms with van der Waals surface area (Å²) in [5.41, 5.74) is 4.98. The van der Waals surface area contributed by atoms with Crippen LogP contribution in [-0.4, -0.2) is 11.0 Å². The van der Waals surface area contributed by atoms with Crippen molar-refractivity contribution < 1.29 is 9.90 Å². The number of carbonyl (C=O) groups is 1. The highest BCUT2D eigenvalue weighted by Gasteiger charge is 2.32.